The van der Waals surface area contributed by atoms with Gasteiger partial charge in [0.1, 0.15) is 6.79 Å². The van der Waals surface area contributed by atoms with Crippen LogP contribution in [0.2, 0.25) is 0 Å². The smallest absolute Gasteiger partial charge is 0.106 e. The molecule has 0 aliphatic carbocycles. The predicted octanol–water partition coefficient (Wildman–Crippen LogP) is 1.40. The van der Waals surface area contributed by atoms with Crippen molar-refractivity contribution in [3.63, 3.8) is 0 Å². The third-order valence-electron chi connectivity index (χ3n) is 0. The van der Waals surface area contributed by atoms with Crippen LogP contribution in [0.4, 0.5) is 0 Å². The van der Waals surface area contributed by atoms with Crippen LogP contribution in [0, 0.1) is 0 Å². The van der Waals surface area contributed by atoms with Crippen molar-refractivity contribution in [1.82, 2.24) is 6.15 Å². The number of hydrogen-bond acceptors (Lipinski definition) is 2. The van der Waals surface area contributed by atoms with Gasteiger partial charge >= 0.3 is 0 Å². The molecule has 0 saturated heterocycles. The van der Waals surface area contributed by atoms with Crippen molar-refractivity contribution in [1.29, 1.82) is 0 Å². The Hall–Kier alpha value is 0.210. The molecule has 0 fully saturated rings. The number of carbonyl (C=O) groups is 1. The highest BCUT2D eigenvalue weighted by atomic mass is 35.5. The second-order valence-electron chi connectivity index (χ2n) is 0.101. The molecule has 0 aromatic rings. The first-order valence-electron chi connectivity index (χ1n) is 0.823. The molecular weight excluding hydrogens is 125 g/mol. The molecule has 0 radical (unpaired) electrons. The normalized spacial score (nSPS) is 3.67. The fourth-order valence-electron chi connectivity index (χ4n) is 0. The Morgan fingerprint density at radius 3 is 1.33 bits per heavy atom. The summed E-state index contributed by atoms with van der Waals surface area (Å²) < 4.78 is 0. The molecule has 0 aliphatic heterocycles. The van der Waals surface area contributed by atoms with Crippen molar-refractivity contribution < 1.29 is 4.79 Å². The van der Waals surface area contributed by atoms with Crippen LogP contribution >= 0.6 is 23.2 Å². The van der Waals surface area contributed by atoms with Gasteiger partial charge in [0.2, 0.25) is 0 Å². The zero-order valence-corrected chi connectivity index (χ0v) is 4.80. The third-order valence-corrected chi connectivity index (χ3v) is 0. The predicted molar refractivity (Wildman–Crippen MR) is 28.7 cm³/mol. The summed E-state index contributed by atoms with van der Waals surface area (Å²) in [5.74, 6) is 0. The van der Waals surface area contributed by atoms with E-state index in [1.54, 1.807) is 0 Å². The van der Waals surface area contributed by atoms with E-state index in [9.17, 15) is 0 Å². The minimum atomic E-state index is 0. The molecular formula is C2H7Cl2NO. The fraction of sp³-hybridized carbons (Fsp3) is 0.500. The Kier molecular flexibility index (Phi) is 172. The topological polar surface area (TPSA) is 52.1 Å². The van der Waals surface area contributed by atoms with Crippen molar-refractivity contribution in [2.75, 3.05) is 5.34 Å². The van der Waals surface area contributed by atoms with Crippen molar-refractivity contribution in [3.8, 4) is 0 Å². The first kappa shape index (κ1) is 16.4. The van der Waals surface area contributed by atoms with Gasteiger partial charge in [-0.05, 0) is 0 Å². The largest absolute Gasteiger partial charge is 0.344 e. The maximum atomic E-state index is 8.00. The zero-order chi connectivity index (χ0) is 4.71. The summed E-state index contributed by atoms with van der Waals surface area (Å²) in [6.45, 7) is 2.00. The Bertz CT molecular complexity index is 15.5. The number of carbonyl (C=O) groups excluding carboxylic acids is 1. The Morgan fingerprint density at radius 1 is 1.33 bits per heavy atom. The van der Waals surface area contributed by atoms with Gasteiger partial charge in [-0.25, -0.2) is 0 Å². The number of halogens is 2. The lowest BCUT2D eigenvalue weighted by Crippen LogP contribution is -1.24. The van der Waals surface area contributed by atoms with E-state index in [0.29, 0.717) is 0 Å². The number of rotatable bonds is 0. The standard InChI is InChI=1S/CH2Cl2.CH2O.H3N/c2-1-3;1-2;/h1H2;1H2;1H3. The SMILES string of the molecule is C=O.ClCCl.N. The van der Waals surface area contributed by atoms with Crippen LogP contribution < -0.4 is 6.15 Å². The van der Waals surface area contributed by atoms with E-state index in [2.05, 4.69) is 0 Å². The van der Waals surface area contributed by atoms with Crippen LogP contribution in [0.3, 0.4) is 0 Å². The van der Waals surface area contributed by atoms with Crippen molar-refractivity contribution >= 4 is 30.0 Å². The summed E-state index contributed by atoms with van der Waals surface area (Å²) in [4.78, 5) is 8.00. The molecule has 4 heteroatoms. The summed E-state index contributed by atoms with van der Waals surface area (Å²) in [6, 6.07) is 0. The molecule has 0 heterocycles. The van der Waals surface area contributed by atoms with E-state index in [0.717, 1.165) is 0 Å². The van der Waals surface area contributed by atoms with Crippen LogP contribution in [-0.4, -0.2) is 12.1 Å². The summed E-state index contributed by atoms with van der Waals surface area (Å²) >= 11 is 9.53. The van der Waals surface area contributed by atoms with Crippen molar-refractivity contribution in [2.24, 2.45) is 0 Å². The van der Waals surface area contributed by atoms with E-state index in [4.69, 9.17) is 28.0 Å². The highest BCUT2D eigenvalue weighted by molar-refractivity contribution is 6.40. The number of hydrogen-bond donors (Lipinski definition) is 1. The second-order valence-corrected chi connectivity index (χ2v) is 0.909. The van der Waals surface area contributed by atoms with Crippen LogP contribution in [0.15, 0.2) is 0 Å². The Morgan fingerprint density at radius 2 is 1.33 bits per heavy atom. The van der Waals surface area contributed by atoms with Crippen LogP contribution in [0.25, 0.3) is 0 Å². The first-order chi connectivity index (χ1) is 2.41. The maximum Gasteiger partial charge on any atom is 0.106 e. The van der Waals surface area contributed by atoms with E-state index >= 15 is 0 Å². The highest BCUT2D eigenvalue weighted by Crippen LogP contribution is 1.73. The monoisotopic (exact) mass is 131 g/mol. The van der Waals surface area contributed by atoms with E-state index in [1.165, 1.54) is 0 Å². The van der Waals surface area contributed by atoms with Crippen LogP contribution in [-0.2, 0) is 4.79 Å². The molecule has 2 nitrogen and oxygen atoms in total. The average Bonchev–Trinajstić information content (AvgIpc) is 1.46. The molecule has 0 atom stereocenters. The molecule has 0 amide bonds. The quantitative estimate of drug-likeness (QED) is 0.506. The molecule has 0 aromatic heterocycles. The summed E-state index contributed by atoms with van der Waals surface area (Å²) in [7, 11) is 0. The Balaban J connectivity index is -0.0000000275. The molecule has 0 aliphatic rings. The summed E-state index contributed by atoms with van der Waals surface area (Å²) in [5.41, 5.74) is 0. The molecule has 0 rings (SSSR count). The van der Waals surface area contributed by atoms with Gasteiger partial charge in [-0.15, -0.1) is 23.2 Å². The van der Waals surface area contributed by atoms with Gasteiger partial charge in [-0.3, -0.25) is 0 Å². The third kappa shape index (κ3) is 984. The van der Waals surface area contributed by atoms with Crippen LogP contribution in [0.1, 0.15) is 0 Å². The molecule has 0 bridgehead atoms. The minimum absolute atomic E-state index is 0. The zero-order valence-electron chi connectivity index (χ0n) is 3.29. The lowest BCUT2D eigenvalue weighted by Gasteiger charge is -1.42. The number of alkyl halides is 2. The molecule has 0 aromatic carbocycles. The van der Waals surface area contributed by atoms with Gasteiger partial charge in [-0.2, -0.15) is 0 Å². The second kappa shape index (κ2) is 63.1. The van der Waals surface area contributed by atoms with Gasteiger partial charge in [-0.1, -0.05) is 0 Å². The molecule has 0 spiro atoms. The maximum absolute atomic E-state index is 8.00. The van der Waals surface area contributed by atoms with E-state index in [1.807, 2.05) is 6.79 Å². The average molecular weight is 132 g/mol. The van der Waals surface area contributed by atoms with Gasteiger partial charge in [0.25, 0.3) is 0 Å². The first-order valence-corrected chi connectivity index (χ1v) is 1.89. The Labute approximate surface area is 47.0 Å². The summed E-state index contributed by atoms with van der Waals surface area (Å²) in [6.07, 6.45) is 0. The lowest BCUT2D eigenvalue weighted by molar-refractivity contribution is -0.0979. The molecule has 3 N–H and O–H groups in total. The molecule has 6 heavy (non-hydrogen) atoms. The highest BCUT2D eigenvalue weighted by Gasteiger charge is 1.41. The van der Waals surface area contributed by atoms with Gasteiger partial charge in [0, 0.05) is 0 Å². The van der Waals surface area contributed by atoms with Crippen molar-refractivity contribution in [3.05, 3.63) is 0 Å². The van der Waals surface area contributed by atoms with E-state index in [-0.39, 0.29) is 11.5 Å². The molecule has 40 valence electrons. The van der Waals surface area contributed by atoms with Gasteiger partial charge in [0.15, 0.2) is 0 Å². The van der Waals surface area contributed by atoms with Gasteiger partial charge < -0.3 is 10.9 Å². The summed E-state index contributed by atoms with van der Waals surface area (Å²) in [5, 5.41) is 0.194. The fourth-order valence-corrected chi connectivity index (χ4v) is 0. The van der Waals surface area contributed by atoms with E-state index < -0.39 is 0 Å². The molecule has 0 saturated carbocycles. The van der Waals surface area contributed by atoms with Crippen molar-refractivity contribution in [2.45, 2.75) is 0 Å². The lowest BCUT2D eigenvalue weighted by atomic mass is 11.9. The molecule has 0 unspecified atom stereocenters. The minimum Gasteiger partial charge on any atom is -0.344 e. The van der Waals surface area contributed by atoms with Crippen LogP contribution in [0.5, 0.6) is 0 Å². The van der Waals surface area contributed by atoms with Gasteiger partial charge in [0.05, 0.1) is 5.34 Å².